The van der Waals surface area contributed by atoms with E-state index in [-0.39, 0.29) is 6.04 Å². The van der Waals surface area contributed by atoms with Crippen molar-refractivity contribution in [2.75, 3.05) is 0 Å². The van der Waals surface area contributed by atoms with E-state index in [1.807, 2.05) is 109 Å². The summed E-state index contributed by atoms with van der Waals surface area (Å²) in [5.41, 5.74) is 3.34. The summed E-state index contributed by atoms with van der Waals surface area (Å²) in [5.74, 6) is -1.93. The lowest BCUT2D eigenvalue weighted by Gasteiger charge is -2.44. The molecule has 1 heterocycles. The highest BCUT2D eigenvalue weighted by Crippen LogP contribution is 2.72. The van der Waals surface area contributed by atoms with E-state index in [4.69, 9.17) is 4.52 Å². The van der Waals surface area contributed by atoms with E-state index in [0.29, 0.717) is 5.56 Å². The fraction of sp³-hybridized carbons (Fsp3) is 0.143. The van der Waals surface area contributed by atoms with Gasteiger partial charge >= 0.3 is 0 Å². The van der Waals surface area contributed by atoms with Crippen molar-refractivity contribution in [3.8, 4) is 0 Å². The molecule has 0 amide bonds. The van der Waals surface area contributed by atoms with Crippen molar-refractivity contribution < 1.29 is 14.2 Å². The van der Waals surface area contributed by atoms with Crippen LogP contribution in [-0.2, 0) is 9.09 Å². The maximum absolute atomic E-state index is 14.7. The van der Waals surface area contributed by atoms with Crippen LogP contribution in [0.5, 0.6) is 0 Å². The van der Waals surface area contributed by atoms with Gasteiger partial charge in [-0.2, -0.15) is 0 Å². The molecule has 5 atom stereocenters. The fourth-order valence-electron chi connectivity index (χ4n) is 4.46. The molecule has 4 aromatic rings. The molecule has 1 fully saturated rings. The lowest BCUT2D eigenvalue weighted by atomic mass is 9.95. The first-order valence-electron chi connectivity index (χ1n) is 11.1. The van der Waals surface area contributed by atoms with Crippen LogP contribution in [0.25, 0.3) is 0 Å². The molecule has 0 spiro atoms. The maximum atomic E-state index is 14.7. The minimum absolute atomic E-state index is 0.246. The van der Waals surface area contributed by atoms with Crippen LogP contribution < -0.4 is 5.32 Å². The second kappa shape index (κ2) is 9.46. The quantitative estimate of drug-likeness (QED) is 0.327. The second-order valence-corrected chi connectivity index (χ2v) is 10.7. The molecule has 1 unspecified atom stereocenters. The minimum Gasteiger partial charge on any atom is -0.378 e. The SMILES string of the molecule is O=P1([C@@H](O)c2ccccc2)O[C@@H](c2ccccc2)[C@@H](c2ccccc2)N[C@H]1c1ccccc1. The van der Waals surface area contributed by atoms with Gasteiger partial charge in [-0.05, 0) is 22.3 Å². The molecular formula is C28H26NO3P. The Morgan fingerprint density at radius 2 is 1.12 bits per heavy atom. The molecule has 0 aliphatic carbocycles. The average molecular weight is 455 g/mol. The van der Waals surface area contributed by atoms with Crippen LogP contribution in [-0.4, -0.2) is 5.11 Å². The third-order valence-corrected chi connectivity index (χ3v) is 8.82. The van der Waals surface area contributed by atoms with Crippen molar-refractivity contribution in [1.82, 2.24) is 5.32 Å². The first-order chi connectivity index (χ1) is 16.2. The van der Waals surface area contributed by atoms with Crippen LogP contribution in [0.1, 0.15) is 46.0 Å². The largest absolute Gasteiger partial charge is 0.378 e. The maximum Gasteiger partial charge on any atom is 0.256 e. The monoisotopic (exact) mass is 455 g/mol. The normalized spacial score (nSPS) is 25.9. The van der Waals surface area contributed by atoms with Crippen molar-refractivity contribution in [3.05, 3.63) is 144 Å². The number of hydrogen-bond donors (Lipinski definition) is 2. The Labute approximate surface area is 194 Å². The number of aliphatic hydroxyl groups is 1. The van der Waals surface area contributed by atoms with Crippen molar-refractivity contribution in [2.24, 2.45) is 0 Å². The Kier molecular flexibility index (Phi) is 6.26. The molecule has 0 bridgehead atoms. The van der Waals surface area contributed by atoms with Gasteiger partial charge in [-0.3, -0.25) is 9.88 Å². The third kappa shape index (κ3) is 4.31. The molecular weight excluding hydrogens is 429 g/mol. The lowest BCUT2D eigenvalue weighted by molar-refractivity contribution is 0.0984. The minimum atomic E-state index is -3.69. The van der Waals surface area contributed by atoms with Crippen molar-refractivity contribution >= 4 is 7.37 Å². The summed E-state index contributed by atoms with van der Waals surface area (Å²) in [7, 11) is -3.69. The Hall–Kier alpha value is -3.01. The molecule has 1 saturated heterocycles. The number of rotatable bonds is 5. The summed E-state index contributed by atoms with van der Waals surface area (Å²) in [4.78, 5) is 0. The summed E-state index contributed by atoms with van der Waals surface area (Å²) in [5, 5.41) is 15.1. The summed E-state index contributed by atoms with van der Waals surface area (Å²) in [6.45, 7) is 0. The molecule has 4 aromatic carbocycles. The summed E-state index contributed by atoms with van der Waals surface area (Å²) in [6, 6.07) is 38.3. The van der Waals surface area contributed by atoms with Crippen LogP contribution in [0, 0.1) is 0 Å². The Bertz CT molecular complexity index is 1220. The van der Waals surface area contributed by atoms with E-state index in [9.17, 15) is 9.67 Å². The molecule has 0 radical (unpaired) electrons. The van der Waals surface area contributed by atoms with Crippen molar-refractivity contribution in [3.63, 3.8) is 0 Å². The first-order valence-corrected chi connectivity index (χ1v) is 12.8. The Morgan fingerprint density at radius 3 is 1.67 bits per heavy atom. The highest BCUT2D eigenvalue weighted by Gasteiger charge is 2.51. The van der Waals surface area contributed by atoms with E-state index in [1.165, 1.54) is 0 Å². The van der Waals surface area contributed by atoms with Gasteiger partial charge < -0.3 is 9.63 Å². The van der Waals surface area contributed by atoms with Gasteiger partial charge in [0.15, 0.2) is 5.85 Å². The van der Waals surface area contributed by atoms with Crippen molar-refractivity contribution in [1.29, 1.82) is 0 Å². The standard InChI is InChI=1S/C28H26NO3P/c30-28(24-19-11-4-12-20-24)33(31)27(23-17-9-3-10-18-23)29-25(21-13-5-1-6-14-21)26(32-33)22-15-7-2-8-16-22/h1-20,25-30H/t25-,26+,27-,28-,33?/m1/s1. The van der Waals surface area contributed by atoms with Gasteiger partial charge in [0.25, 0.3) is 7.37 Å². The van der Waals surface area contributed by atoms with E-state index in [1.54, 1.807) is 12.1 Å². The summed E-state index contributed by atoms with van der Waals surface area (Å²) in [6.07, 6.45) is -0.530. The third-order valence-electron chi connectivity index (χ3n) is 6.12. The number of hydrogen-bond acceptors (Lipinski definition) is 4. The molecule has 5 rings (SSSR count). The van der Waals surface area contributed by atoms with Gasteiger partial charge in [0.05, 0.1) is 6.04 Å². The average Bonchev–Trinajstić information content (AvgIpc) is 2.90. The van der Waals surface area contributed by atoms with Crippen LogP contribution >= 0.6 is 7.37 Å². The summed E-state index contributed by atoms with van der Waals surface area (Å²) >= 11 is 0. The Morgan fingerprint density at radius 1 is 0.667 bits per heavy atom. The lowest BCUT2D eigenvalue weighted by Crippen LogP contribution is -2.38. The fourth-order valence-corrected chi connectivity index (χ4v) is 7.12. The molecule has 33 heavy (non-hydrogen) atoms. The van der Waals surface area contributed by atoms with Crippen LogP contribution in [0.4, 0.5) is 0 Å². The topological polar surface area (TPSA) is 58.6 Å². The predicted molar refractivity (Wildman–Crippen MR) is 131 cm³/mol. The van der Waals surface area contributed by atoms with Gasteiger partial charge in [-0.1, -0.05) is 121 Å². The second-order valence-electron chi connectivity index (χ2n) is 8.23. The summed E-state index contributed by atoms with van der Waals surface area (Å²) < 4.78 is 21.2. The van der Waals surface area contributed by atoms with E-state index in [2.05, 4.69) is 5.32 Å². The molecule has 1 aliphatic rings. The first kappa shape index (κ1) is 21.8. The van der Waals surface area contributed by atoms with E-state index in [0.717, 1.165) is 16.7 Å². The zero-order valence-electron chi connectivity index (χ0n) is 18.1. The molecule has 166 valence electrons. The van der Waals surface area contributed by atoms with Gasteiger partial charge in [0.2, 0.25) is 0 Å². The molecule has 2 N–H and O–H groups in total. The Balaban J connectivity index is 1.65. The predicted octanol–water partition coefficient (Wildman–Crippen LogP) is 6.76. The van der Waals surface area contributed by atoms with Crippen LogP contribution in [0.2, 0.25) is 0 Å². The highest BCUT2D eigenvalue weighted by molar-refractivity contribution is 7.59. The number of nitrogens with one attached hydrogen (secondary N) is 1. The van der Waals surface area contributed by atoms with Gasteiger partial charge in [-0.25, -0.2) is 0 Å². The van der Waals surface area contributed by atoms with Gasteiger partial charge in [-0.15, -0.1) is 0 Å². The molecule has 0 saturated carbocycles. The zero-order valence-corrected chi connectivity index (χ0v) is 19.0. The highest BCUT2D eigenvalue weighted by atomic mass is 31.2. The van der Waals surface area contributed by atoms with Crippen molar-refractivity contribution in [2.45, 2.75) is 23.8 Å². The van der Waals surface area contributed by atoms with Gasteiger partial charge in [0, 0.05) is 0 Å². The van der Waals surface area contributed by atoms with E-state index < -0.39 is 25.1 Å². The molecule has 5 heteroatoms. The molecule has 4 nitrogen and oxygen atoms in total. The molecule has 0 aromatic heterocycles. The van der Waals surface area contributed by atoms with Crippen LogP contribution in [0.15, 0.2) is 121 Å². The van der Waals surface area contributed by atoms with E-state index >= 15 is 0 Å². The van der Waals surface area contributed by atoms with Gasteiger partial charge in [0.1, 0.15) is 11.9 Å². The van der Waals surface area contributed by atoms with Crippen LogP contribution in [0.3, 0.4) is 0 Å². The smallest absolute Gasteiger partial charge is 0.256 e. The number of aliphatic hydroxyl groups excluding tert-OH is 1. The zero-order chi connectivity index (χ0) is 22.7. The number of benzene rings is 4. The molecule has 1 aliphatic heterocycles.